The van der Waals surface area contributed by atoms with Gasteiger partial charge in [0.25, 0.3) is 0 Å². The summed E-state index contributed by atoms with van der Waals surface area (Å²) in [5.41, 5.74) is 1.98. The van der Waals surface area contributed by atoms with E-state index >= 15 is 0 Å². The van der Waals surface area contributed by atoms with E-state index in [2.05, 4.69) is 20.4 Å². The number of nitrogens with zero attached hydrogens (tertiary/aromatic N) is 3. The Labute approximate surface area is 133 Å². The van der Waals surface area contributed by atoms with Crippen LogP contribution in [0.4, 0.5) is 0 Å². The highest BCUT2D eigenvalue weighted by molar-refractivity contribution is 8.14. The third-order valence-corrected chi connectivity index (χ3v) is 4.53. The molecule has 1 fully saturated rings. The van der Waals surface area contributed by atoms with Crippen LogP contribution in [0.2, 0.25) is 0 Å². The lowest BCUT2D eigenvalue weighted by molar-refractivity contribution is -0.140. The predicted molar refractivity (Wildman–Crippen MR) is 84.2 cm³/mol. The van der Waals surface area contributed by atoms with Crippen molar-refractivity contribution in [3.8, 4) is 0 Å². The number of carbonyl (C=O) groups excluding carboxylic acids is 2. The van der Waals surface area contributed by atoms with Crippen LogP contribution in [0.25, 0.3) is 6.08 Å². The van der Waals surface area contributed by atoms with Gasteiger partial charge in [0.15, 0.2) is 5.12 Å². The molecule has 120 valence electrons. The Balaban J connectivity index is 2.11. The average Bonchev–Trinajstić information content (AvgIpc) is 2.93. The number of aryl methyl sites for hydroxylation is 1. The molecule has 0 spiro atoms. The molecule has 0 aromatic carbocycles. The van der Waals surface area contributed by atoms with Gasteiger partial charge >= 0.3 is 5.97 Å². The van der Waals surface area contributed by atoms with Crippen molar-refractivity contribution in [1.82, 2.24) is 20.3 Å². The van der Waals surface area contributed by atoms with E-state index in [-0.39, 0.29) is 22.8 Å². The van der Waals surface area contributed by atoms with Crippen LogP contribution in [0.5, 0.6) is 0 Å². The Morgan fingerprint density at radius 3 is 3.14 bits per heavy atom. The zero-order valence-electron chi connectivity index (χ0n) is 12.7. The summed E-state index contributed by atoms with van der Waals surface area (Å²) in [6.45, 7) is 3.66. The number of esters is 1. The van der Waals surface area contributed by atoms with Gasteiger partial charge in [-0.2, -0.15) is 0 Å². The molecular weight excluding hydrogens is 304 g/mol. The van der Waals surface area contributed by atoms with Gasteiger partial charge in [-0.25, -0.2) is 4.68 Å². The number of rotatable bonds is 5. The molecule has 1 unspecified atom stereocenters. The van der Waals surface area contributed by atoms with Crippen molar-refractivity contribution in [2.24, 2.45) is 0 Å². The smallest absolute Gasteiger partial charge is 0.307 e. The first-order valence-corrected chi connectivity index (χ1v) is 8.02. The fourth-order valence-corrected chi connectivity index (χ4v) is 3.22. The van der Waals surface area contributed by atoms with Crippen LogP contribution in [-0.2, 0) is 20.9 Å². The maximum Gasteiger partial charge on any atom is 0.307 e. The lowest BCUT2D eigenvalue weighted by atomic mass is 10.0. The quantitative estimate of drug-likeness (QED) is 0.804. The number of hydrogen-bond donors (Lipinski definition) is 1. The number of carbonyl (C=O) groups is 2. The summed E-state index contributed by atoms with van der Waals surface area (Å²) < 4.78 is 6.31. The van der Waals surface area contributed by atoms with E-state index in [0.717, 1.165) is 30.8 Å². The molecule has 2 rings (SSSR count). The van der Waals surface area contributed by atoms with Gasteiger partial charge in [0.05, 0.1) is 32.0 Å². The first-order valence-electron chi connectivity index (χ1n) is 7.14. The molecule has 7 nitrogen and oxygen atoms in total. The van der Waals surface area contributed by atoms with Crippen molar-refractivity contribution in [1.29, 1.82) is 0 Å². The molecule has 1 aromatic heterocycles. The third kappa shape index (κ3) is 4.67. The van der Waals surface area contributed by atoms with Gasteiger partial charge in [-0.3, -0.25) is 9.59 Å². The second-order valence-corrected chi connectivity index (χ2v) is 6.37. The van der Waals surface area contributed by atoms with Crippen LogP contribution in [0.3, 0.4) is 0 Å². The molecule has 1 N–H and O–H groups in total. The Kier molecular flexibility index (Phi) is 6.14. The second-order valence-electron chi connectivity index (χ2n) is 4.99. The van der Waals surface area contributed by atoms with Crippen molar-refractivity contribution in [3.63, 3.8) is 0 Å². The number of thioether (sulfide) groups is 1. The van der Waals surface area contributed by atoms with Gasteiger partial charge in [-0.15, -0.1) is 5.10 Å². The van der Waals surface area contributed by atoms with E-state index in [1.54, 1.807) is 17.8 Å². The summed E-state index contributed by atoms with van der Waals surface area (Å²) in [5.74, 6) is -0.279. The molecular formula is C14H20N4O3S. The Hall–Kier alpha value is -1.67. The van der Waals surface area contributed by atoms with Crippen molar-refractivity contribution in [2.75, 3.05) is 20.2 Å². The van der Waals surface area contributed by atoms with Crippen LogP contribution < -0.4 is 5.32 Å². The van der Waals surface area contributed by atoms with E-state index in [1.165, 1.54) is 18.9 Å². The van der Waals surface area contributed by atoms with E-state index in [1.807, 2.05) is 6.08 Å². The summed E-state index contributed by atoms with van der Waals surface area (Å²) in [4.78, 5) is 22.6. The van der Waals surface area contributed by atoms with Crippen LogP contribution in [0.1, 0.15) is 25.5 Å². The highest BCUT2D eigenvalue weighted by Crippen LogP contribution is 2.26. The van der Waals surface area contributed by atoms with Gasteiger partial charge in [0, 0.05) is 18.7 Å². The maximum atomic E-state index is 11.4. The molecule has 1 aromatic rings. The van der Waals surface area contributed by atoms with Gasteiger partial charge in [-0.1, -0.05) is 17.0 Å². The van der Waals surface area contributed by atoms with E-state index in [9.17, 15) is 9.59 Å². The van der Waals surface area contributed by atoms with Crippen molar-refractivity contribution in [2.45, 2.75) is 31.6 Å². The number of ether oxygens (including phenoxy) is 1. The average molecular weight is 324 g/mol. The van der Waals surface area contributed by atoms with Gasteiger partial charge in [0.2, 0.25) is 0 Å². The summed E-state index contributed by atoms with van der Waals surface area (Å²) >= 11 is 1.36. The highest BCUT2D eigenvalue weighted by Gasteiger charge is 2.21. The minimum absolute atomic E-state index is 0.120. The van der Waals surface area contributed by atoms with Crippen LogP contribution in [0.15, 0.2) is 11.8 Å². The van der Waals surface area contributed by atoms with Crippen LogP contribution >= 0.6 is 11.8 Å². The van der Waals surface area contributed by atoms with Crippen LogP contribution in [-0.4, -0.2) is 51.5 Å². The first kappa shape index (κ1) is 16.7. The van der Waals surface area contributed by atoms with E-state index < -0.39 is 0 Å². The fourth-order valence-electron chi connectivity index (χ4n) is 2.28. The largest absolute Gasteiger partial charge is 0.469 e. The topological polar surface area (TPSA) is 86.1 Å². The minimum atomic E-state index is -0.279. The number of nitrogens with one attached hydrogen (secondary N) is 1. The van der Waals surface area contributed by atoms with Gasteiger partial charge < -0.3 is 10.1 Å². The number of methoxy groups -OCH3 is 1. The number of piperidine rings is 1. The molecule has 22 heavy (non-hydrogen) atoms. The summed E-state index contributed by atoms with van der Waals surface area (Å²) in [5, 5.41) is 11.5. The predicted octanol–water partition coefficient (Wildman–Crippen LogP) is 0.866. The first-order chi connectivity index (χ1) is 10.6. The Morgan fingerprint density at radius 2 is 2.41 bits per heavy atom. The maximum absolute atomic E-state index is 11.4. The fraction of sp³-hybridized carbons (Fsp3) is 0.571. The molecule has 0 bridgehead atoms. The molecule has 1 aliphatic rings. The molecule has 0 saturated carbocycles. The summed E-state index contributed by atoms with van der Waals surface area (Å²) in [6.07, 6.45) is 4.83. The van der Waals surface area contributed by atoms with Crippen molar-refractivity contribution < 1.29 is 14.3 Å². The van der Waals surface area contributed by atoms with Crippen molar-refractivity contribution >= 4 is 28.9 Å². The van der Waals surface area contributed by atoms with E-state index in [0.29, 0.717) is 6.54 Å². The number of hydrogen-bond acceptors (Lipinski definition) is 7. The molecule has 1 atom stereocenters. The Bertz CT molecular complexity index is 570. The molecule has 2 heterocycles. The molecule has 1 aliphatic heterocycles. The lowest BCUT2D eigenvalue weighted by Crippen LogP contribution is -2.32. The zero-order chi connectivity index (χ0) is 15.9. The standard InChI is InChI=1S/C14H20N4O3S/c1-10(19)22-13-3-5-15-8-11(13)7-12-9-16-17-18(12)6-4-14(20)21-2/h7,9,13,15H,3-6,8H2,1-2H3/b11-7-. The third-order valence-electron chi connectivity index (χ3n) is 3.37. The monoisotopic (exact) mass is 324 g/mol. The molecule has 8 heteroatoms. The minimum Gasteiger partial charge on any atom is -0.469 e. The zero-order valence-corrected chi connectivity index (χ0v) is 13.6. The number of aromatic nitrogens is 3. The second kappa shape index (κ2) is 8.09. The molecule has 0 aliphatic carbocycles. The molecule has 0 radical (unpaired) electrons. The lowest BCUT2D eigenvalue weighted by Gasteiger charge is -2.24. The normalized spacial score (nSPS) is 20.1. The highest BCUT2D eigenvalue weighted by atomic mass is 32.2. The SMILES string of the molecule is COC(=O)CCn1nncc1/C=C1/CNCCC1SC(C)=O. The van der Waals surface area contributed by atoms with E-state index in [4.69, 9.17) is 0 Å². The van der Waals surface area contributed by atoms with Gasteiger partial charge in [0.1, 0.15) is 0 Å². The molecule has 0 amide bonds. The van der Waals surface area contributed by atoms with Gasteiger partial charge in [-0.05, 0) is 24.6 Å². The van der Waals surface area contributed by atoms with Crippen LogP contribution in [0, 0.1) is 0 Å². The Morgan fingerprint density at radius 1 is 1.59 bits per heavy atom. The summed E-state index contributed by atoms with van der Waals surface area (Å²) in [7, 11) is 1.36. The molecule has 1 saturated heterocycles. The summed E-state index contributed by atoms with van der Waals surface area (Å²) in [6, 6.07) is 0. The van der Waals surface area contributed by atoms with Crippen molar-refractivity contribution in [3.05, 3.63) is 17.5 Å².